The standard InChI is InChI=1S/C15H13N3O/c16-7-11-5-13(9-17-8-11)19-14-6-12-3-1-2-4-15(12)18-10-14/h1-6,8-10H,7,16H2. The van der Waals surface area contributed by atoms with Crippen molar-refractivity contribution >= 4 is 10.9 Å². The minimum absolute atomic E-state index is 0.445. The van der Waals surface area contributed by atoms with Gasteiger partial charge in [-0.2, -0.15) is 0 Å². The number of nitrogens with zero attached hydrogens (tertiary/aromatic N) is 2. The van der Waals surface area contributed by atoms with Crippen LogP contribution in [-0.4, -0.2) is 9.97 Å². The van der Waals surface area contributed by atoms with Gasteiger partial charge in [0.2, 0.25) is 0 Å². The molecule has 0 radical (unpaired) electrons. The molecular weight excluding hydrogens is 238 g/mol. The Balaban J connectivity index is 1.92. The molecule has 0 saturated heterocycles. The first-order valence-corrected chi connectivity index (χ1v) is 6.02. The van der Waals surface area contributed by atoms with Crippen LogP contribution in [0, 0.1) is 0 Å². The highest BCUT2D eigenvalue weighted by atomic mass is 16.5. The van der Waals surface area contributed by atoms with E-state index in [9.17, 15) is 0 Å². The van der Waals surface area contributed by atoms with Gasteiger partial charge in [-0.25, -0.2) is 0 Å². The number of fused-ring (bicyclic) bond motifs is 1. The Morgan fingerprint density at radius 2 is 1.84 bits per heavy atom. The fourth-order valence-electron chi connectivity index (χ4n) is 1.87. The predicted molar refractivity (Wildman–Crippen MR) is 73.9 cm³/mol. The molecule has 4 nitrogen and oxygen atoms in total. The second-order valence-corrected chi connectivity index (χ2v) is 4.20. The lowest BCUT2D eigenvalue weighted by molar-refractivity contribution is 0.478. The van der Waals surface area contributed by atoms with Crippen molar-refractivity contribution in [3.8, 4) is 11.5 Å². The second-order valence-electron chi connectivity index (χ2n) is 4.20. The maximum Gasteiger partial charge on any atom is 0.146 e. The predicted octanol–water partition coefficient (Wildman–Crippen LogP) is 2.88. The van der Waals surface area contributed by atoms with E-state index in [1.165, 1.54) is 0 Å². The van der Waals surface area contributed by atoms with E-state index in [4.69, 9.17) is 10.5 Å². The molecule has 0 atom stereocenters. The number of hydrogen-bond donors (Lipinski definition) is 1. The molecule has 2 aromatic heterocycles. The Labute approximate surface area is 110 Å². The SMILES string of the molecule is NCc1cncc(Oc2cnc3ccccc3c2)c1. The third-order valence-electron chi connectivity index (χ3n) is 2.81. The first-order chi connectivity index (χ1) is 9.35. The van der Waals surface area contributed by atoms with E-state index in [1.54, 1.807) is 18.6 Å². The fraction of sp³-hybridized carbons (Fsp3) is 0.0667. The van der Waals surface area contributed by atoms with Gasteiger partial charge in [0.25, 0.3) is 0 Å². The van der Waals surface area contributed by atoms with Crippen molar-refractivity contribution in [2.24, 2.45) is 5.73 Å². The molecule has 3 rings (SSSR count). The summed E-state index contributed by atoms with van der Waals surface area (Å²) in [6, 6.07) is 11.7. The average Bonchev–Trinajstić information content (AvgIpc) is 2.47. The lowest BCUT2D eigenvalue weighted by atomic mass is 10.2. The van der Waals surface area contributed by atoms with Crippen molar-refractivity contribution in [3.63, 3.8) is 0 Å². The van der Waals surface area contributed by atoms with Crippen LogP contribution in [0.2, 0.25) is 0 Å². The van der Waals surface area contributed by atoms with Crippen molar-refractivity contribution < 1.29 is 4.74 Å². The Hall–Kier alpha value is -2.46. The van der Waals surface area contributed by atoms with Gasteiger partial charge in [-0.1, -0.05) is 18.2 Å². The highest BCUT2D eigenvalue weighted by Gasteiger charge is 2.01. The van der Waals surface area contributed by atoms with Gasteiger partial charge >= 0.3 is 0 Å². The number of hydrogen-bond acceptors (Lipinski definition) is 4. The first-order valence-electron chi connectivity index (χ1n) is 6.02. The molecule has 0 bridgehead atoms. The van der Waals surface area contributed by atoms with Crippen LogP contribution in [-0.2, 0) is 6.54 Å². The first kappa shape index (κ1) is 11.6. The topological polar surface area (TPSA) is 61.0 Å². The molecule has 2 N–H and O–H groups in total. The van der Waals surface area contributed by atoms with E-state index in [-0.39, 0.29) is 0 Å². The number of benzene rings is 1. The molecule has 3 aromatic rings. The summed E-state index contributed by atoms with van der Waals surface area (Å²) in [5, 5.41) is 1.04. The van der Waals surface area contributed by atoms with Crippen LogP contribution < -0.4 is 10.5 Å². The molecule has 0 spiro atoms. The van der Waals surface area contributed by atoms with Crippen LogP contribution in [0.5, 0.6) is 11.5 Å². The molecule has 0 aliphatic carbocycles. The Morgan fingerprint density at radius 1 is 1.00 bits per heavy atom. The highest BCUT2D eigenvalue weighted by molar-refractivity contribution is 5.79. The molecule has 19 heavy (non-hydrogen) atoms. The van der Waals surface area contributed by atoms with Gasteiger partial charge in [-0.15, -0.1) is 0 Å². The smallest absolute Gasteiger partial charge is 0.146 e. The minimum Gasteiger partial charge on any atom is -0.454 e. The largest absolute Gasteiger partial charge is 0.454 e. The van der Waals surface area contributed by atoms with E-state index in [1.807, 2.05) is 36.4 Å². The van der Waals surface area contributed by atoms with E-state index in [0.717, 1.165) is 16.5 Å². The Kier molecular flexibility index (Phi) is 3.08. The van der Waals surface area contributed by atoms with Gasteiger partial charge in [0.1, 0.15) is 11.5 Å². The average molecular weight is 251 g/mol. The second kappa shape index (κ2) is 5.04. The highest BCUT2D eigenvalue weighted by Crippen LogP contribution is 2.23. The van der Waals surface area contributed by atoms with E-state index in [2.05, 4.69) is 9.97 Å². The molecule has 0 fully saturated rings. The Morgan fingerprint density at radius 3 is 2.74 bits per heavy atom. The summed E-state index contributed by atoms with van der Waals surface area (Å²) in [5.41, 5.74) is 7.46. The molecular formula is C15H13N3O. The van der Waals surface area contributed by atoms with Crippen LogP contribution in [0.1, 0.15) is 5.56 Å². The van der Waals surface area contributed by atoms with Crippen LogP contribution >= 0.6 is 0 Å². The maximum absolute atomic E-state index is 5.75. The van der Waals surface area contributed by atoms with Gasteiger partial charge in [-0.3, -0.25) is 9.97 Å². The minimum atomic E-state index is 0.445. The summed E-state index contributed by atoms with van der Waals surface area (Å²) in [7, 11) is 0. The van der Waals surface area contributed by atoms with Crippen LogP contribution in [0.25, 0.3) is 10.9 Å². The Bertz CT molecular complexity index is 712. The number of pyridine rings is 2. The number of aromatic nitrogens is 2. The number of rotatable bonds is 3. The third-order valence-corrected chi connectivity index (χ3v) is 2.81. The van der Waals surface area contributed by atoms with E-state index < -0.39 is 0 Å². The van der Waals surface area contributed by atoms with Gasteiger partial charge in [0.15, 0.2) is 0 Å². The molecule has 0 amide bonds. The summed E-state index contributed by atoms with van der Waals surface area (Å²) in [6.45, 7) is 0.445. The van der Waals surface area contributed by atoms with Gasteiger partial charge in [0, 0.05) is 18.1 Å². The van der Waals surface area contributed by atoms with Gasteiger partial charge in [0.05, 0.1) is 17.9 Å². The molecule has 2 heterocycles. The number of ether oxygens (including phenoxy) is 1. The zero-order chi connectivity index (χ0) is 13.1. The molecule has 4 heteroatoms. The third kappa shape index (κ3) is 2.53. The van der Waals surface area contributed by atoms with Crippen molar-refractivity contribution in [1.82, 2.24) is 9.97 Å². The van der Waals surface area contributed by atoms with Crippen LogP contribution in [0.15, 0.2) is 55.0 Å². The van der Waals surface area contributed by atoms with Crippen molar-refractivity contribution in [3.05, 3.63) is 60.6 Å². The van der Waals surface area contributed by atoms with Crippen molar-refractivity contribution in [2.45, 2.75) is 6.54 Å². The van der Waals surface area contributed by atoms with Crippen LogP contribution in [0.4, 0.5) is 0 Å². The lowest BCUT2D eigenvalue weighted by Crippen LogP contribution is -1.97. The van der Waals surface area contributed by atoms with E-state index >= 15 is 0 Å². The fourth-order valence-corrected chi connectivity index (χ4v) is 1.87. The molecule has 0 saturated carbocycles. The summed E-state index contributed by atoms with van der Waals surface area (Å²) in [6.07, 6.45) is 5.09. The van der Waals surface area contributed by atoms with Gasteiger partial charge < -0.3 is 10.5 Å². The number of nitrogens with two attached hydrogens (primary N) is 1. The quantitative estimate of drug-likeness (QED) is 0.777. The number of para-hydroxylation sites is 1. The van der Waals surface area contributed by atoms with Crippen molar-refractivity contribution in [1.29, 1.82) is 0 Å². The summed E-state index contributed by atoms with van der Waals surface area (Å²) in [4.78, 5) is 8.44. The van der Waals surface area contributed by atoms with Crippen LogP contribution in [0.3, 0.4) is 0 Å². The molecule has 94 valence electrons. The zero-order valence-corrected chi connectivity index (χ0v) is 10.3. The maximum atomic E-state index is 5.75. The molecule has 0 aliphatic heterocycles. The van der Waals surface area contributed by atoms with E-state index in [0.29, 0.717) is 18.0 Å². The monoisotopic (exact) mass is 251 g/mol. The summed E-state index contributed by atoms with van der Waals surface area (Å²) >= 11 is 0. The zero-order valence-electron chi connectivity index (χ0n) is 10.3. The summed E-state index contributed by atoms with van der Waals surface area (Å²) < 4.78 is 5.75. The summed E-state index contributed by atoms with van der Waals surface area (Å²) in [5.74, 6) is 1.36. The molecule has 0 aliphatic rings. The lowest BCUT2D eigenvalue weighted by Gasteiger charge is -2.07. The van der Waals surface area contributed by atoms with Crippen molar-refractivity contribution in [2.75, 3.05) is 0 Å². The normalized spacial score (nSPS) is 10.6. The molecule has 0 unspecified atom stereocenters. The molecule has 1 aromatic carbocycles. The van der Waals surface area contributed by atoms with Gasteiger partial charge in [-0.05, 0) is 23.8 Å².